The van der Waals surface area contributed by atoms with Crippen LogP contribution in [0.15, 0.2) is 0 Å². The van der Waals surface area contributed by atoms with Gasteiger partial charge in [-0.1, -0.05) is 0 Å². The molecule has 0 aliphatic carbocycles. The first-order chi connectivity index (χ1) is 8.52. The summed E-state index contributed by atoms with van der Waals surface area (Å²) in [5.74, 6) is -1.27. The number of aliphatic carboxylic acids is 1. The molecule has 0 saturated carbocycles. The Kier molecular flexibility index (Phi) is 3.53. The molecule has 1 aromatic heterocycles. The maximum Gasteiger partial charge on any atom is 0.341 e. The Morgan fingerprint density at radius 2 is 2.28 bits per heavy atom. The minimum absolute atomic E-state index is 0.00476. The first-order valence-electron chi connectivity index (χ1n) is 5.45. The SMILES string of the molecule is COC(=O)c1c(N)sc2c1CCN(CC(=O)O)C2. The Bertz CT molecular complexity index is 497. The molecule has 7 heteroatoms. The molecule has 1 aliphatic heterocycles. The number of methoxy groups -OCH3 is 1. The van der Waals surface area contributed by atoms with Crippen LogP contribution in [0.25, 0.3) is 0 Å². The van der Waals surface area contributed by atoms with E-state index in [4.69, 9.17) is 15.6 Å². The van der Waals surface area contributed by atoms with Crippen molar-refractivity contribution in [1.82, 2.24) is 4.90 Å². The number of carbonyl (C=O) groups excluding carboxylic acids is 1. The van der Waals surface area contributed by atoms with Crippen molar-refractivity contribution in [2.75, 3.05) is 25.9 Å². The number of hydrogen-bond donors (Lipinski definition) is 2. The number of nitrogens with zero attached hydrogens (tertiary/aromatic N) is 1. The Morgan fingerprint density at radius 1 is 1.56 bits per heavy atom. The molecule has 2 heterocycles. The van der Waals surface area contributed by atoms with E-state index in [2.05, 4.69) is 0 Å². The summed E-state index contributed by atoms with van der Waals surface area (Å²) in [6.45, 7) is 1.14. The van der Waals surface area contributed by atoms with E-state index in [1.165, 1.54) is 18.4 Å². The van der Waals surface area contributed by atoms with Crippen molar-refractivity contribution < 1.29 is 19.4 Å². The van der Waals surface area contributed by atoms with Gasteiger partial charge in [0.15, 0.2) is 0 Å². The maximum absolute atomic E-state index is 11.6. The van der Waals surface area contributed by atoms with Crippen molar-refractivity contribution in [2.45, 2.75) is 13.0 Å². The van der Waals surface area contributed by atoms with Gasteiger partial charge in [-0.3, -0.25) is 9.69 Å². The third-order valence-electron chi connectivity index (χ3n) is 2.91. The third-order valence-corrected chi connectivity index (χ3v) is 3.96. The number of ether oxygens (including phenoxy) is 1. The molecule has 6 nitrogen and oxygen atoms in total. The summed E-state index contributed by atoms with van der Waals surface area (Å²) in [5, 5.41) is 9.21. The highest BCUT2D eigenvalue weighted by Crippen LogP contribution is 2.35. The molecule has 0 saturated heterocycles. The lowest BCUT2D eigenvalue weighted by atomic mass is 10.0. The van der Waals surface area contributed by atoms with Crippen LogP contribution in [0, 0.1) is 0 Å². The van der Waals surface area contributed by atoms with Gasteiger partial charge >= 0.3 is 11.9 Å². The van der Waals surface area contributed by atoms with E-state index in [-0.39, 0.29) is 6.54 Å². The molecule has 1 aliphatic rings. The van der Waals surface area contributed by atoms with Crippen molar-refractivity contribution in [3.05, 3.63) is 16.0 Å². The molecular formula is C11H14N2O4S. The number of rotatable bonds is 3. The van der Waals surface area contributed by atoms with Gasteiger partial charge in [0.1, 0.15) is 5.00 Å². The van der Waals surface area contributed by atoms with E-state index in [0.29, 0.717) is 30.1 Å². The molecule has 0 bridgehead atoms. The second kappa shape index (κ2) is 4.95. The highest BCUT2D eigenvalue weighted by atomic mass is 32.1. The van der Waals surface area contributed by atoms with E-state index >= 15 is 0 Å². The molecular weight excluding hydrogens is 256 g/mol. The summed E-state index contributed by atoms with van der Waals surface area (Å²) in [4.78, 5) is 25.1. The molecule has 3 N–H and O–H groups in total. The summed E-state index contributed by atoms with van der Waals surface area (Å²) in [6, 6.07) is 0. The summed E-state index contributed by atoms with van der Waals surface area (Å²) >= 11 is 1.33. The van der Waals surface area contributed by atoms with Gasteiger partial charge in [0.25, 0.3) is 0 Å². The fourth-order valence-corrected chi connectivity index (χ4v) is 3.28. The van der Waals surface area contributed by atoms with Crippen LogP contribution in [0.5, 0.6) is 0 Å². The number of carbonyl (C=O) groups is 2. The van der Waals surface area contributed by atoms with Gasteiger partial charge in [-0.05, 0) is 12.0 Å². The Labute approximate surface area is 108 Å². The third kappa shape index (κ3) is 2.32. The van der Waals surface area contributed by atoms with E-state index in [1.807, 2.05) is 4.90 Å². The first kappa shape index (κ1) is 12.8. The topological polar surface area (TPSA) is 92.9 Å². The average molecular weight is 270 g/mol. The lowest BCUT2D eigenvalue weighted by molar-refractivity contribution is -0.138. The van der Waals surface area contributed by atoms with Crippen LogP contribution in [0.4, 0.5) is 5.00 Å². The molecule has 0 unspecified atom stereocenters. The smallest absolute Gasteiger partial charge is 0.341 e. The van der Waals surface area contributed by atoms with E-state index in [9.17, 15) is 9.59 Å². The van der Waals surface area contributed by atoms with Crippen LogP contribution in [0.1, 0.15) is 20.8 Å². The average Bonchev–Trinajstić information content (AvgIpc) is 2.62. The van der Waals surface area contributed by atoms with Gasteiger partial charge in [-0.2, -0.15) is 0 Å². The molecule has 0 aromatic carbocycles. The zero-order chi connectivity index (χ0) is 13.3. The van der Waals surface area contributed by atoms with Gasteiger partial charge < -0.3 is 15.6 Å². The zero-order valence-corrected chi connectivity index (χ0v) is 10.7. The van der Waals surface area contributed by atoms with E-state index in [0.717, 1.165) is 10.4 Å². The van der Waals surface area contributed by atoms with Crippen molar-refractivity contribution >= 4 is 28.3 Å². The molecule has 1 aromatic rings. The Hall–Kier alpha value is -1.60. The molecule has 2 rings (SSSR count). The maximum atomic E-state index is 11.6. The van der Waals surface area contributed by atoms with Crippen LogP contribution in [-0.4, -0.2) is 42.1 Å². The molecule has 0 atom stereocenters. The number of hydrogen-bond acceptors (Lipinski definition) is 6. The van der Waals surface area contributed by atoms with Crippen molar-refractivity contribution in [3.63, 3.8) is 0 Å². The van der Waals surface area contributed by atoms with Crippen LogP contribution in [0.3, 0.4) is 0 Å². The van der Waals surface area contributed by atoms with Crippen molar-refractivity contribution in [3.8, 4) is 0 Å². The monoisotopic (exact) mass is 270 g/mol. The number of fused-ring (bicyclic) bond motifs is 1. The molecule has 18 heavy (non-hydrogen) atoms. The van der Waals surface area contributed by atoms with Crippen LogP contribution in [0.2, 0.25) is 0 Å². The van der Waals surface area contributed by atoms with Crippen LogP contribution < -0.4 is 5.73 Å². The Balaban J connectivity index is 2.25. The lowest BCUT2D eigenvalue weighted by Gasteiger charge is -2.25. The van der Waals surface area contributed by atoms with Gasteiger partial charge in [-0.15, -0.1) is 11.3 Å². The number of carboxylic acids is 1. The van der Waals surface area contributed by atoms with Crippen LogP contribution in [-0.2, 0) is 22.5 Å². The van der Waals surface area contributed by atoms with Gasteiger partial charge in [0.05, 0.1) is 19.2 Å². The highest BCUT2D eigenvalue weighted by Gasteiger charge is 2.27. The number of anilines is 1. The fourth-order valence-electron chi connectivity index (χ4n) is 2.13. The predicted octanol–water partition coefficient (Wildman–Crippen LogP) is 0.560. The predicted molar refractivity (Wildman–Crippen MR) is 66.7 cm³/mol. The second-order valence-electron chi connectivity index (χ2n) is 4.09. The zero-order valence-electron chi connectivity index (χ0n) is 9.93. The minimum Gasteiger partial charge on any atom is -0.480 e. The summed E-state index contributed by atoms with van der Waals surface area (Å²) in [6.07, 6.45) is 0.626. The standard InChI is InChI=1S/C11H14N2O4S/c1-17-11(16)9-6-2-3-13(5-8(14)15)4-7(6)18-10(9)12/h2-5,12H2,1H3,(H,14,15). The van der Waals surface area contributed by atoms with Crippen molar-refractivity contribution in [2.24, 2.45) is 0 Å². The van der Waals surface area contributed by atoms with Gasteiger partial charge in [-0.25, -0.2) is 4.79 Å². The molecule has 0 spiro atoms. The van der Waals surface area contributed by atoms with E-state index < -0.39 is 11.9 Å². The van der Waals surface area contributed by atoms with Crippen LogP contribution >= 0.6 is 11.3 Å². The number of esters is 1. The number of nitrogen functional groups attached to an aromatic ring is 1. The summed E-state index contributed by atoms with van der Waals surface area (Å²) in [7, 11) is 1.32. The fraction of sp³-hybridized carbons (Fsp3) is 0.455. The lowest BCUT2D eigenvalue weighted by Crippen LogP contribution is -2.34. The highest BCUT2D eigenvalue weighted by molar-refractivity contribution is 7.16. The summed E-state index contributed by atoms with van der Waals surface area (Å²) < 4.78 is 4.71. The van der Waals surface area contributed by atoms with Gasteiger partial charge in [0.2, 0.25) is 0 Å². The quantitative estimate of drug-likeness (QED) is 0.780. The van der Waals surface area contributed by atoms with E-state index in [1.54, 1.807) is 0 Å². The summed E-state index contributed by atoms with van der Waals surface area (Å²) in [5.41, 5.74) is 7.19. The molecule has 0 fully saturated rings. The molecule has 0 amide bonds. The van der Waals surface area contributed by atoms with Crippen molar-refractivity contribution in [1.29, 1.82) is 0 Å². The number of thiophene rings is 1. The number of carboxylic acid groups (broad SMARTS) is 1. The normalized spacial score (nSPS) is 15.2. The number of nitrogens with two attached hydrogens (primary N) is 1. The first-order valence-corrected chi connectivity index (χ1v) is 6.27. The molecule has 0 radical (unpaired) electrons. The van der Waals surface area contributed by atoms with Gasteiger partial charge in [0, 0.05) is 18.0 Å². The minimum atomic E-state index is -0.851. The molecule has 98 valence electrons. The Morgan fingerprint density at radius 3 is 2.89 bits per heavy atom. The largest absolute Gasteiger partial charge is 0.480 e. The second-order valence-corrected chi connectivity index (χ2v) is 5.23.